The number of hydrogen-bond donors (Lipinski definition) is 1. The van der Waals surface area contributed by atoms with E-state index in [-0.39, 0.29) is 0 Å². The van der Waals surface area contributed by atoms with E-state index in [9.17, 15) is 0 Å². The molecule has 0 bridgehead atoms. The minimum absolute atomic E-state index is 0.788. The highest BCUT2D eigenvalue weighted by Gasteiger charge is 2.32. The van der Waals surface area contributed by atoms with Crippen molar-refractivity contribution in [2.24, 2.45) is 23.7 Å². The topological polar surface area (TPSA) is 29.9 Å². The van der Waals surface area contributed by atoms with Crippen molar-refractivity contribution in [1.29, 1.82) is 0 Å². The highest BCUT2D eigenvalue weighted by atomic mass is 15.1. The molecule has 0 aliphatic heterocycles. The number of imidazole rings is 1. The van der Waals surface area contributed by atoms with Gasteiger partial charge in [-0.2, -0.15) is 0 Å². The van der Waals surface area contributed by atoms with E-state index in [1.54, 1.807) is 0 Å². The number of nitrogens with one attached hydrogen (secondary N) is 1. The van der Waals surface area contributed by atoms with E-state index < -0.39 is 0 Å². The number of aromatic nitrogens is 2. The molecular formula is C17H31N3. The molecular weight excluding hydrogens is 246 g/mol. The molecule has 3 heteroatoms. The molecule has 0 spiro atoms. The Labute approximate surface area is 124 Å². The van der Waals surface area contributed by atoms with Crippen molar-refractivity contribution in [2.45, 2.75) is 53.0 Å². The standard InChI is InChI=1S/C17H31N3/c1-5-20-9-8-19-17(20)11-16-10-14(13(2)3)6-7-15(16)12-18-4/h8-9,13-16,18H,5-7,10-12H2,1-4H3. The molecule has 3 unspecified atom stereocenters. The van der Waals surface area contributed by atoms with E-state index in [1.807, 2.05) is 6.20 Å². The molecule has 1 heterocycles. The third kappa shape index (κ3) is 3.63. The van der Waals surface area contributed by atoms with E-state index in [2.05, 4.69) is 48.9 Å². The van der Waals surface area contributed by atoms with Crippen LogP contribution >= 0.6 is 0 Å². The van der Waals surface area contributed by atoms with Gasteiger partial charge in [0.2, 0.25) is 0 Å². The highest BCUT2D eigenvalue weighted by molar-refractivity contribution is 4.96. The number of rotatable bonds is 6. The summed E-state index contributed by atoms with van der Waals surface area (Å²) in [6.45, 7) is 9.16. The second-order valence-electron chi connectivity index (χ2n) is 6.73. The van der Waals surface area contributed by atoms with Crippen molar-refractivity contribution in [2.75, 3.05) is 13.6 Å². The first-order valence-corrected chi connectivity index (χ1v) is 8.30. The van der Waals surface area contributed by atoms with E-state index >= 15 is 0 Å². The molecule has 1 fully saturated rings. The molecule has 1 aliphatic rings. The van der Waals surface area contributed by atoms with Crippen LogP contribution in [0.3, 0.4) is 0 Å². The maximum absolute atomic E-state index is 4.59. The average Bonchev–Trinajstić information content (AvgIpc) is 2.88. The molecule has 0 amide bonds. The molecule has 3 atom stereocenters. The Morgan fingerprint density at radius 2 is 2.15 bits per heavy atom. The smallest absolute Gasteiger partial charge is 0.108 e. The Morgan fingerprint density at radius 1 is 1.35 bits per heavy atom. The van der Waals surface area contributed by atoms with Gasteiger partial charge in [0, 0.05) is 25.4 Å². The summed E-state index contributed by atoms with van der Waals surface area (Å²) in [5, 5.41) is 3.39. The van der Waals surface area contributed by atoms with Gasteiger partial charge in [0.05, 0.1) is 0 Å². The summed E-state index contributed by atoms with van der Waals surface area (Å²) in [6, 6.07) is 0. The van der Waals surface area contributed by atoms with Gasteiger partial charge in [-0.1, -0.05) is 13.8 Å². The zero-order chi connectivity index (χ0) is 14.5. The summed E-state index contributed by atoms with van der Waals surface area (Å²) >= 11 is 0. The zero-order valence-corrected chi connectivity index (χ0v) is 13.6. The summed E-state index contributed by atoms with van der Waals surface area (Å²) in [5.41, 5.74) is 0. The summed E-state index contributed by atoms with van der Waals surface area (Å²) in [5.74, 6) is 4.61. The average molecular weight is 277 g/mol. The minimum atomic E-state index is 0.788. The van der Waals surface area contributed by atoms with E-state index in [0.717, 1.165) is 43.2 Å². The molecule has 0 aromatic carbocycles. The van der Waals surface area contributed by atoms with Crippen LogP contribution in [0.2, 0.25) is 0 Å². The first-order valence-electron chi connectivity index (χ1n) is 8.30. The zero-order valence-electron chi connectivity index (χ0n) is 13.6. The molecule has 1 aromatic rings. The second-order valence-corrected chi connectivity index (χ2v) is 6.73. The lowest BCUT2D eigenvalue weighted by Crippen LogP contribution is -2.34. The van der Waals surface area contributed by atoms with Crippen LogP contribution in [0.15, 0.2) is 12.4 Å². The predicted molar refractivity (Wildman–Crippen MR) is 84.7 cm³/mol. The Morgan fingerprint density at radius 3 is 2.80 bits per heavy atom. The van der Waals surface area contributed by atoms with Crippen LogP contribution in [-0.2, 0) is 13.0 Å². The molecule has 1 N–H and O–H groups in total. The maximum atomic E-state index is 4.59. The second kappa shape index (κ2) is 7.26. The third-order valence-corrected chi connectivity index (χ3v) is 5.18. The van der Waals surface area contributed by atoms with E-state index in [0.29, 0.717) is 0 Å². The van der Waals surface area contributed by atoms with Gasteiger partial charge < -0.3 is 9.88 Å². The van der Waals surface area contributed by atoms with Gasteiger partial charge in [-0.05, 0) is 63.5 Å². The van der Waals surface area contributed by atoms with Gasteiger partial charge in [0.15, 0.2) is 0 Å². The largest absolute Gasteiger partial charge is 0.335 e. The van der Waals surface area contributed by atoms with Gasteiger partial charge in [0.25, 0.3) is 0 Å². The third-order valence-electron chi connectivity index (χ3n) is 5.18. The van der Waals surface area contributed by atoms with Crippen LogP contribution in [0.1, 0.15) is 45.9 Å². The van der Waals surface area contributed by atoms with Gasteiger partial charge in [-0.25, -0.2) is 4.98 Å². The Kier molecular flexibility index (Phi) is 5.64. The van der Waals surface area contributed by atoms with Crippen molar-refractivity contribution >= 4 is 0 Å². The van der Waals surface area contributed by atoms with Gasteiger partial charge in [-0.15, -0.1) is 0 Å². The Hall–Kier alpha value is -0.830. The lowest BCUT2D eigenvalue weighted by molar-refractivity contribution is 0.144. The fraction of sp³-hybridized carbons (Fsp3) is 0.824. The summed E-state index contributed by atoms with van der Waals surface area (Å²) in [6.07, 6.45) is 9.38. The van der Waals surface area contributed by atoms with Crippen LogP contribution in [0.4, 0.5) is 0 Å². The van der Waals surface area contributed by atoms with Crippen LogP contribution in [0, 0.1) is 23.7 Å². The number of hydrogen-bond acceptors (Lipinski definition) is 2. The predicted octanol–water partition coefficient (Wildman–Crippen LogP) is 3.35. The molecule has 114 valence electrons. The van der Waals surface area contributed by atoms with Crippen molar-refractivity contribution in [1.82, 2.24) is 14.9 Å². The van der Waals surface area contributed by atoms with Crippen LogP contribution in [0.5, 0.6) is 0 Å². The van der Waals surface area contributed by atoms with Crippen molar-refractivity contribution < 1.29 is 0 Å². The van der Waals surface area contributed by atoms with E-state index in [4.69, 9.17) is 0 Å². The molecule has 1 saturated carbocycles. The van der Waals surface area contributed by atoms with Gasteiger partial charge in [0.1, 0.15) is 5.82 Å². The Bertz CT molecular complexity index is 397. The quantitative estimate of drug-likeness (QED) is 0.864. The first kappa shape index (κ1) is 15.6. The summed E-state index contributed by atoms with van der Waals surface area (Å²) < 4.78 is 2.30. The van der Waals surface area contributed by atoms with Crippen molar-refractivity contribution in [3.8, 4) is 0 Å². The SMILES string of the molecule is CCn1ccnc1CC1CC(C(C)C)CCC1CNC. The van der Waals surface area contributed by atoms with E-state index in [1.165, 1.54) is 25.1 Å². The van der Waals surface area contributed by atoms with Gasteiger partial charge in [-0.3, -0.25) is 0 Å². The molecule has 1 aliphatic carbocycles. The van der Waals surface area contributed by atoms with Crippen molar-refractivity contribution in [3.05, 3.63) is 18.2 Å². The summed E-state index contributed by atoms with van der Waals surface area (Å²) in [4.78, 5) is 4.59. The minimum Gasteiger partial charge on any atom is -0.335 e. The number of aryl methyl sites for hydroxylation is 1. The highest BCUT2D eigenvalue weighted by Crippen LogP contribution is 2.38. The number of nitrogens with zero attached hydrogens (tertiary/aromatic N) is 2. The molecule has 3 nitrogen and oxygen atoms in total. The lowest BCUT2D eigenvalue weighted by Gasteiger charge is -2.38. The van der Waals surface area contributed by atoms with Gasteiger partial charge >= 0.3 is 0 Å². The maximum Gasteiger partial charge on any atom is 0.108 e. The van der Waals surface area contributed by atoms with Crippen LogP contribution in [0.25, 0.3) is 0 Å². The fourth-order valence-corrected chi connectivity index (χ4v) is 3.80. The monoisotopic (exact) mass is 277 g/mol. The first-order chi connectivity index (χ1) is 9.65. The fourth-order valence-electron chi connectivity index (χ4n) is 3.80. The summed E-state index contributed by atoms with van der Waals surface area (Å²) in [7, 11) is 2.08. The van der Waals surface area contributed by atoms with Crippen LogP contribution in [-0.4, -0.2) is 23.1 Å². The molecule has 2 rings (SSSR count). The Balaban J connectivity index is 2.06. The molecule has 1 aromatic heterocycles. The van der Waals surface area contributed by atoms with Crippen molar-refractivity contribution in [3.63, 3.8) is 0 Å². The van der Waals surface area contributed by atoms with Crippen LogP contribution < -0.4 is 5.32 Å². The molecule has 20 heavy (non-hydrogen) atoms. The molecule has 0 radical (unpaired) electrons. The normalized spacial score (nSPS) is 27.1. The molecule has 0 saturated heterocycles. The lowest BCUT2D eigenvalue weighted by atomic mass is 9.69.